The molecule has 1 heterocycles. The van der Waals surface area contributed by atoms with E-state index in [1.807, 2.05) is 0 Å². The summed E-state index contributed by atoms with van der Waals surface area (Å²) in [5.41, 5.74) is -7.20. The lowest BCUT2D eigenvalue weighted by atomic mass is 9.99. The van der Waals surface area contributed by atoms with E-state index < -0.39 is 59.7 Å². The van der Waals surface area contributed by atoms with Crippen LogP contribution in [0.2, 0.25) is 0 Å². The minimum Gasteiger partial charge on any atom is -0.463 e. The third kappa shape index (κ3) is 2.94. The summed E-state index contributed by atoms with van der Waals surface area (Å²) in [4.78, 5) is 6.97. The maximum absolute atomic E-state index is 14.0. The van der Waals surface area contributed by atoms with Crippen molar-refractivity contribution in [3.05, 3.63) is 0 Å². The molecule has 28 heavy (non-hydrogen) atoms. The Morgan fingerprint density at radius 2 is 1.21 bits per heavy atom. The zero-order chi connectivity index (χ0) is 22.8. The lowest BCUT2D eigenvalue weighted by Crippen LogP contribution is -2.82. The van der Waals surface area contributed by atoms with Crippen molar-refractivity contribution in [2.45, 2.75) is 49.1 Å². The Labute approximate surface area is 143 Å². The van der Waals surface area contributed by atoms with Crippen LogP contribution in [0.15, 0.2) is 0 Å². The molecule has 0 saturated carbocycles. The molecule has 0 aromatic rings. The first-order valence-electron chi connectivity index (χ1n) is 6.38. The number of nitrogens with zero attached hydrogens (tertiary/aromatic N) is 1. The number of rotatable bonds is 4. The van der Waals surface area contributed by atoms with Gasteiger partial charge in [0.15, 0.2) is 0 Å². The minimum atomic E-state index is -7.76. The smallest absolute Gasteiger partial charge is 0.441 e. The number of morpholine rings is 1. The van der Waals surface area contributed by atoms with Crippen LogP contribution in [0.25, 0.3) is 0 Å². The summed E-state index contributed by atoms with van der Waals surface area (Å²) in [6, 6.07) is -22.5. The predicted octanol–water partition coefficient (Wildman–Crippen LogP) is 4.12. The monoisotopic (exact) mass is 453 g/mol. The van der Waals surface area contributed by atoms with Crippen LogP contribution in [0.1, 0.15) is 6.92 Å². The van der Waals surface area contributed by atoms with Crippen LogP contribution in [0.4, 0.5) is 61.5 Å². The average molecular weight is 453 g/mol. The topological polar surface area (TPSA) is 38.8 Å². The molecule has 0 aromatic carbocycles. The van der Waals surface area contributed by atoms with Crippen molar-refractivity contribution < 1.29 is 75.7 Å². The molecule has 1 rings (SSSR count). The van der Waals surface area contributed by atoms with E-state index in [0.29, 0.717) is 6.92 Å². The first kappa shape index (κ1) is 24.4. The van der Waals surface area contributed by atoms with Gasteiger partial charge in [-0.25, -0.2) is 13.9 Å². The highest BCUT2D eigenvalue weighted by molar-refractivity contribution is 5.82. The van der Waals surface area contributed by atoms with Crippen molar-refractivity contribution in [1.82, 2.24) is 4.90 Å². The average Bonchev–Trinajstić information content (AvgIpc) is 2.41. The van der Waals surface area contributed by atoms with Crippen LogP contribution in [0, 0.1) is 0 Å². The van der Waals surface area contributed by atoms with Crippen molar-refractivity contribution in [3.8, 4) is 0 Å². The van der Waals surface area contributed by atoms with Crippen molar-refractivity contribution in [2.24, 2.45) is 0 Å². The van der Waals surface area contributed by atoms with Gasteiger partial charge in [0.25, 0.3) is 0 Å². The zero-order valence-electron chi connectivity index (χ0n) is 12.7. The second-order valence-corrected chi connectivity index (χ2v) is 4.97. The molecule has 0 bridgehead atoms. The summed E-state index contributed by atoms with van der Waals surface area (Å²) >= 11 is 0. The number of hydrogen-bond acceptors (Lipinski definition) is 4. The van der Waals surface area contributed by atoms with E-state index in [4.69, 9.17) is 0 Å². The van der Waals surface area contributed by atoms with Gasteiger partial charge in [-0.15, -0.1) is 4.90 Å². The fourth-order valence-corrected chi connectivity index (χ4v) is 1.87. The molecule has 18 heteroatoms. The number of halogens is 14. The molecule has 4 nitrogen and oxygen atoms in total. The van der Waals surface area contributed by atoms with Gasteiger partial charge in [-0.2, -0.15) is 57.1 Å². The maximum Gasteiger partial charge on any atom is 0.441 e. The maximum atomic E-state index is 14.0. The van der Waals surface area contributed by atoms with E-state index in [0.717, 1.165) is 0 Å². The van der Waals surface area contributed by atoms with Crippen molar-refractivity contribution in [1.29, 1.82) is 0 Å². The van der Waals surface area contributed by atoms with E-state index in [2.05, 4.69) is 4.74 Å². The molecule has 0 aliphatic carbocycles. The van der Waals surface area contributed by atoms with Crippen molar-refractivity contribution >= 4 is 5.97 Å². The number of esters is 1. The van der Waals surface area contributed by atoms with Gasteiger partial charge in [-0.05, 0) is 6.92 Å². The van der Waals surface area contributed by atoms with E-state index >= 15 is 0 Å². The van der Waals surface area contributed by atoms with Crippen molar-refractivity contribution in [2.75, 3.05) is 6.61 Å². The van der Waals surface area contributed by atoms with Gasteiger partial charge in [-0.3, -0.25) is 0 Å². The number of ether oxygens (including phenoxy) is 2. The summed E-state index contributed by atoms with van der Waals surface area (Å²) < 4.78 is 191. The Morgan fingerprint density at radius 1 is 0.857 bits per heavy atom. The molecule has 0 spiro atoms. The van der Waals surface area contributed by atoms with E-state index in [1.165, 1.54) is 0 Å². The molecule has 1 atom stereocenters. The van der Waals surface area contributed by atoms with Crippen LogP contribution in [0.5, 0.6) is 0 Å². The standard InChI is InChI=1S/C10H5F14NO3/c1-2-27-3(26)4(11,5(12,13)14)6(15,16)25-7(17,18)9(21,22)28-10(23,24)8(25,19)20/h2H2,1H3. The van der Waals surface area contributed by atoms with E-state index in [-0.39, 0.29) is 0 Å². The van der Waals surface area contributed by atoms with Gasteiger partial charge in [0.2, 0.25) is 0 Å². The number of hydrogen-bond donors (Lipinski definition) is 0. The molecule has 1 saturated heterocycles. The molecule has 166 valence electrons. The third-order valence-electron chi connectivity index (χ3n) is 3.16. The summed E-state index contributed by atoms with van der Waals surface area (Å²) in [7, 11) is 0. The number of carbonyl (C=O) groups is 1. The molecule has 0 radical (unpaired) electrons. The third-order valence-corrected chi connectivity index (χ3v) is 3.16. The number of alkyl halides is 14. The second-order valence-electron chi connectivity index (χ2n) is 4.97. The highest BCUT2D eigenvalue weighted by Gasteiger charge is 2.93. The molecule has 1 fully saturated rings. The van der Waals surface area contributed by atoms with Crippen LogP contribution in [0.3, 0.4) is 0 Å². The highest BCUT2D eigenvalue weighted by atomic mass is 19.4. The fourth-order valence-electron chi connectivity index (χ4n) is 1.87. The van der Waals surface area contributed by atoms with E-state index in [9.17, 15) is 66.3 Å². The Morgan fingerprint density at radius 3 is 1.50 bits per heavy atom. The van der Waals surface area contributed by atoms with Crippen LogP contribution < -0.4 is 0 Å². The quantitative estimate of drug-likeness (QED) is 0.365. The zero-order valence-corrected chi connectivity index (χ0v) is 12.7. The van der Waals surface area contributed by atoms with Crippen molar-refractivity contribution in [3.63, 3.8) is 0 Å². The van der Waals surface area contributed by atoms with Gasteiger partial charge in [0.1, 0.15) is 0 Å². The normalized spacial score (nSPS) is 26.4. The Hall–Kier alpha value is -1.59. The van der Waals surface area contributed by atoms with Crippen LogP contribution >= 0.6 is 0 Å². The summed E-state index contributed by atoms with van der Waals surface area (Å²) in [5, 5.41) is 0. The van der Waals surface area contributed by atoms with Crippen LogP contribution in [-0.4, -0.2) is 59.7 Å². The Kier molecular flexibility index (Phi) is 5.41. The summed E-state index contributed by atoms with van der Waals surface area (Å²) in [5.74, 6) is -3.84. The highest BCUT2D eigenvalue weighted by Crippen LogP contribution is 2.62. The molecule has 1 aliphatic heterocycles. The van der Waals surface area contributed by atoms with Gasteiger partial charge in [0.05, 0.1) is 6.61 Å². The first-order valence-corrected chi connectivity index (χ1v) is 6.38. The minimum absolute atomic E-state index is 0.563. The molecule has 1 unspecified atom stereocenters. The SMILES string of the molecule is CCOC(=O)C(F)(C(F)(F)F)C(F)(F)N1C(F)(F)C(F)(F)OC(F)(F)C1(F)F. The predicted molar refractivity (Wildman–Crippen MR) is 54.2 cm³/mol. The Balaban J connectivity index is 3.89. The lowest BCUT2D eigenvalue weighted by Gasteiger charge is -2.51. The van der Waals surface area contributed by atoms with E-state index in [1.54, 1.807) is 4.74 Å². The number of carbonyl (C=O) groups excluding carboxylic acids is 1. The largest absolute Gasteiger partial charge is 0.463 e. The Bertz CT molecular complexity index is 605. The lowest BCUT2D eigenvalue weighted by molar-refractivity contribution is -0.592. The van der Waals surface area contributed by atoms with Gasteiger partial charge >= 0.3 is 48.2 Å². The molecule has 0 amide bonds. The summed E-state index contributed by atoms with van der Waals surface area (Å²) in [6.07, 6.45) is -21.3. The molecule has 0 N–H and O–H groups in total. The van der Waals surface area contributed by atoms with Gasteiger partial charge in [0, 0.05) is 0 Å². The van der Waals surface area contributed by atoms with Gasteiger partial charge in [-0.1, -0.05) is 0 Å². The van der Waals surface area contributed by atoms with Gasteiger partial charge < -0.3 is 4.74 Å². The molecular weight excluding hydrogens is 448 g/mol. The first-order chi connectivity index (χ1) is 12.1. The second kappa shape index (κ2) is 6.20. The molecule has 1 aliphatic rings. The molecule has 0 aromatic heterocycles. The molecular formula is C10H5F14NO3. The van der Waals surface area contributed by atoms with Crippen LogP contribution in [-0.2, 0) is 14.3 Å². The fraction of sp³-hybridized carbons (Fsp3) is 0.900. The summed E-state index contributed by atoms with van der Waals surface area (Å²) in [6.45, 7) is -0.800.